The minimum atomic E-state index is -3.17. The van der Waals surface area contributed by atoms with Gasteiger partial charge in [0.15, 0.2) is 0 Å². The summed E-state index contributed by atoms with van der Waals surface area (Å²) in [6.07, 6.45) is 4.27. The standard InChI is InChI=1S/C21H33N3O5S/c1-28-20-5-3-4-17(14-20)15-21(25)22-9-11-24(18-7-12-29-13-8-18)19-6-10-23(16-19)30(2,26)27/h3-5,14,18-19H,6-13,15-16H2,1-2H3,(H,22,25). The van der Waals surface area contributed by atoms with E-state index < -0.39 is 10.0 Å². The average molecular weight is 440 g/mol. The molecule has 1 amide bonds. The number of hydrogen-bond acceptors (Lipinski definition) is 6. The molecule has 168 valence electrons. The van der Waals surface area contributed by atoms with Gasteiger partial charge in [-0.05, 0) is 37.0 Å². The minimum absolute atomic E-state index is 0.0284. The first-order valence-corrected chi connectivity index (χ1v) is 12.4. The molecule has 30 heavy (non-hydrogen) atoms. The topological polar surface area (TPSA) is 88.2 Å². The van der Waals surface area contributed by atoms with Gasteiger partial charge in [-0.15, -0.1) is 0 Å². The molecule has 1 unspecified atom stereocenters. The Morgan fingerprint density at radius 2 is 2.03 bits per heavy atom. The highest BCUT2D eigenvalue weighted by molar-refractivity contribution is 7.88. The van der Waals surface area contributed by atoms with Crippen molar-refractivity contribution in [3.05, 3.63) is 29.8 Å². The minimum Gasteiger partial charge on any atom is -0.497 e. The van der Waals surface area contributed by atoms with Crippen LogP contribution in [0.1, 0.15) is 24.8 Å². The molecule has 0 saturated carbocycles. The number of methoxy groups -OCH3 is 1. The quantitative estimate of drug-likeness (QED) is 0.614. The summed E-state index contributed by atoms with van der Waals surface area (Å²) in [6.45, 7) is 3.78. The van der Waals surface area contributed by atoms with Crippen molar-refractivity contribution in [3.63, 3.8) is 0 Å². The lowest BCUT2D eigenvalue weighted by atomic mass is 10.0. The Balaban J connectivity index is 1.55. The normalized spacial score (nSPS) is 21.1. The summed E-state index contributed by atoms with van der Waals surface area (Å²) in [5.74, 6) is 0.710. The van der Waals surface area contributed by atoms with Crippen LogP contribution in [0.5, 0.6) is 5.75 Å². The Hall–Kier alpha value is -1.68. The van der Waals surface area contributed by atoms with Gasteiger partial charge in [0.1, 0.15) is 5.75 Å². The second-order valence-corrected chi connectivity index (χ2v) is 10.0. The molecule has 2 fully saturated rings. The Labute approximate surface area is 179 Å². The lowest BCUT2D eigenvalue weighted by Gasteiger charge is -2.38. The summed E-state index contributed by atoms with van der Waals surface area (Å²) >= 11 is 0. The van der Waals surface area contributed by atoms with Gasteiger partial charge in [-0.3, -0.25) is 9.69 Å². The second-order valence-electron chi connectivity index (χ2n) is 8.02. The van der Waals surface area contributed by atoms with Crippen LogP contribution in [0.4, 0.5) is 0 Å². The molecule has 2 heterocycles. The molecule has 2 saturated heterocycles. The summed E-state index contributed by atoms with van der Waals surface area (Å²) in [5.41, 5.74) is 0.910. The highest BCUT2D eigenvalue weighted by atomic mass is 32.2. The van der Waals surface area contributed by atoms with E-state index in [1.165, 1.54) is 6.26 Å². The van der Waals surface area contributed by atoms with Gasteiger partial charge in [0, 0.05) is 51.5 Å². The van der Waals surface area contributed by atoms with Gasteiger partial charge in [-0.2, -0.15) is 0 Å². The molecule has 1 aromatic rings. The highest BCUT2D eigenvalue weighted by Crippen LogP contribution is 2.24. The maximum absolute atomic E-state index is 12.4. The fourth-order valence-corrected chi connectivity index (χ4v) is 5.20. The summed E-state index contributed by atoms with van der Waals surface area (Å²) in [5, 5.41) is 3.02. The van der Waals surface area contributed by atoms with Crippen LogP contribution in [0.3, 0.4) is 0 Å². The molecule has 0 bridgehead atoms. The number of rotatable bonds is 9. The predicted molar refractivity (Wildman–Crippen MR) is 115 cm³/mol. The number of amides is 1. The Morgan fingerprint density at radius 3 is 2.70 bits per heavy atom. The number of benzene rings is 1. The number of nitrogens with one attached hydrogen (secondary N) is 1. The summed E-state index contributed by atoms with van der Waals surface area (Å²) in [6, 6.07) is 8.05. The molecule has 0 aromatic heterocycles. The van der Waals surface area contributed by atoms with E-state index in [2.05, 4.69) is 10.2 Å². The molecule has 1 aromatic carbocycles. The number of carbonyl (C=O) groups is 1. The van der Waals surface area contributed by atoms with E-state index in [0.717, 1.165) is 43.8 Å². The van der Waals surface area contributed by atoms with Crippen molar-refractivity contribution in [2.24, 2.45) is 0 Å². The maximum atomic E-state index is 12.4. The predicted octanol–water partition coefficient (Wildman–Crippen LogP) is 0.869. The molecule has 0 radical (unpaired) electrons. The zero-order chi connectivity index (χ0) is 21.6. The highest BCUT2D eigenvalue weighted by Gasteiger charge is 2.35. The van der Waals surface area contributed by atoms with E-state index in [0.29, 0.717) is 38.6 Å². The summed E-state index contributed by atoms with van der Waals surface area (Å²) in [4.78, 5) is 14.8. The number of sulfonamides is 1. The number of hydrogen-bond donors (Lipinski definition) is 1. The molecule has 3 rings (SSSR count). The molecular weight excluding hydrogens is 406 g/mol. The van der Waals surface area contributed by atoms with Crippen LogP contribution in [-0.2, 0) is 26.0 Å². The number of ether oxygens (including phenoxy) is 2. The first-order chi connectivity index (χ1) is 14.4. The molecule has 1 atom stereocenters. The zero-order valence-electron chi connectivity index (χ0n) is 17.9. The third-order valence-electron chi connectivity index (χ3n) is 5.91. The molecule has 0 aliphatic carbocycles. The first-order valence-electron chi connectivity index (χ1n) is 10.5. The van der Waals surface area contributed by atoms with E-state index >= 15 is 0 Å². The van der Waals surface area contributed by atoms with Gasteiger partial charge in [-0.1, -0.05) is 12.1 Å². The smallest absolute Gasteiger partial charge is 0.224 e. The molecule has 2 aliphatic rings. The molecule has 9 heteroatoms. The molecular formula is C21H33N3O5S. The van der Waals surface area contributed by atoms with Gasteiger partial charge in [0.2, 0.25) is 15.9 Å². The van der Waals surface area contributed by atoms with Crippen LogP contribution in [0.15, 0.2) is 24.3 Å². The van der Waals surface area contributed by atoms with Gasteiger partial charge in [0.25, 0.3) is 0 Å². The number of nitrogens with zero attached hydrogens (tertiary/aromatic N) is 2. The van der Waals surface area contributed by atoms with Crippen LogP contribution in [-0.4, -0.2) is 88.4 Å². The molecule has 2 aliphatic heterocycles. The Morgan fingerprint density at radius 1 is 1.27 bits per heavy atom. The third kappa shape index (κ3) is 6.41. The second kappa shape index (κ2) is 10.6. The van der Waals surface area contributed by atoms with Crippen molar-refractivity contribution in [1.82, 2.24) is 14.5 Å². The van der Waals surface area contributed by atoms with Crippen molar-refractivity contribution < 1.29 is 22.7 Å². The Kier molecular flexibility index (Phi) is 8.10. The van der Waals surface area contributed by atoms with Crippen LogP contribution in [0.25, 0.3) is 0 Å². The van der Waals surface area contributed by atoms with Gasteiger partial charge >= 0.3 is 0 Å². The fourth-order valence-electron chi connectivity index (χ4n) is 4.32. The largest absolute Gasteiger partial charge is 0.497 e. The van der Waals surface area contributed by atoms with Crippen LogP contribution < -0.4 is 10.1 Å². The van der Waals surface area contributed by atoms with Crippen LogP contribution >= 0.6 is 0 Å². The van der Waals surface area contributed by atoms with Crippen molar-refractivity contribution in [3.8, 4) is 5.75 Å². The molecule has 0 spiro atoms. The van der Waals surface area contributed by atoms with Crippen molar-refractivity contribution >= 4 is 15.9 Å². The zero-order valence-corrected chi connectivity index (χ0v) is 18.7. The van der Waals surface area contributed by atoms with Gasteiger partial charge in [-0.25, -0.2) is 12.7 Å². The third-order valence-corrected chi connectivity index (χ3v) is 7.18. The van der Waals surface area contributed by atoms with E-state index in [1.54, 1.807) is 11.4 Å². The van der Waals surface area contributed by atoms with E-state index in [1.807, 2.05) is 24.3 Å². The van der Waals surface area contributed by atoms with E-state index in [-0.39, 0.29) is 11.9 Å². The average Bonchev–Trinajstić information content (AvgIpc) is 3.22. The maximum Gasteiger partial charge on any atom is 0.224 e. The summed E-state index contributed by atoms with van der Waals surface area (Å²) in [7, 11) is -1.56. The lowest BCUT2D eigenvalue weighted by Crippen LogP contribution is -2.50. The first kappa shape index (κ1) is 23.0. The number of carbonyl (C=O) groups excluding carboxylic acids is 1. The van der Waals surface area contributed by atoms with E-state index in [9.17, 15) is 13.2 Å². The lowest BCUT2D eigenvalue weighted by molar-refractivity contribution is -0.120. The van der Waals surface area contributed by atoms with E-state index in [4.69, 9.17) is 9.47 Å². The van der Waals surface area contributed by atoms with Crippen LogP contribution in [0.2, 0.25) is 0 Å². The van der Waals surface area contributed by atoms with Gasteiger partial charge in [0.05, 0.1) is 19.8 Å². The van der Waals surface area contributed by atoms with Crippen molar-refractivity contribution in [2.75, 3.05) is 52.8 Å². The molecule has 8 nitrogen and oxygen atoms in total. The molecule has 1 N–H and O–H groups in total. The van der Waals surface area contributed by atoms with Gasteiger partial charge < -0.3 is 14.8 Å². The monoisotopic (exact) mass is 439 g/mol. The van der Waals surface area contributed by atoms with Crippen molar-refractivity contribution in [2.45, 2.75) is 37.8 Å². The van der Waals surface area contributed by atoms with Crippen molar-refractivity contribution in [1.29, 1.82) is 0 Å². The SMILES string of the molecule is COc1cccc(CC(=O)NCCN(C2CCOCC2)C2CCN(S(C)(=O)=O)C2)c1. The summed E-state index contributed by atoms with van der Waals surface area (Å²) < 4.78 is 36.1. The fraction of sp³-hybridized carbons (Fsp3) is 0.667. The Bertz CT molecular complexity index is 811. The van der Waals surface area contributed by atoms with Crippen LogP contribution in [0, 0.1) is 0 Å².